The molecule has 2 aromatic heterocycles. The predicted octanol–water partition coefficient (Wildman–Crippen LogP) is 5.08. The molecule has 238 valence electrons. The first-order valence-corrected chi connectivity index (χ1v) is 17.7. The lowest BCUT2D eigenvalue weighted by Crippen LogP contribution is -2.47. The number of hydrogen-bond donors (Lipinski definition) is 0. The molecule has 0 spiro atoms. The number of hydrogen-bond acceptors (Lipinski definition) is 9. The molecule has 1 saturated heterocycles. The highest BCUT2D eigenvalue weighted by molar-refractivity contribution is 6.74. The largest absolute Gasteiger partial charge is 0.456 e. The topological polar surface area (TPSA) is 129 Å². The van der Waals surface area contributed by atoms with Gasteiger partial charge in [0.15, 0.2) is 26.6 Å². The van der Waals surface area contributed by atoms with Crippen LogP contribution in [0.3, 0.4) is 0 Å². The average Bonchev–Trinajstić information content (AvgIpc) is 3.67. The molecule has 0 saturated carbocycles. The second kappa shape index (κ2) is 12.5. The van der Waals surface area contributed by atoms with E-state index >= 15 is 8.78 Å². The number of amides is 1. The van der Waals surface area contributed by atoms with Crippen LogP contribution in [0.2, 0.25) is 23.2 Å². The Kier molecular flexibility index (Phi) is 9.02. The van der Waals surface area contributed by atoms with Crippen molar-refractivity contribution in [2.75, 3.05) is 6.61 Å². The van der Waals surface area contributed by atoms with Gasteiger partial charge in [0.05, 0.1) is 22.9 Å². The number of Topliss-reactive ketones (excluding diaryl/α,β-unsaturated/α-hetero) is 1. The number of rotatable bonds is 9. The van der Waals surface area contributed by atoms with Crippen LogP contribution in [0.15, 0.2) is 36.8 Å². The van der Waals surface area contributed by atoms with Gasteiger partial charge in [0.25, 0.3) is 0 Å². The Labute approximate surface area is 264 Å². The van der Waals surface area contributed by atoms with Gasteiger partial charge in [-0.2, -0.15) is 4.68 Å². The highest BCUT2D eigenvalue weighted by Crippen LogP contribution is 2.40. The van der Waals surface area contributed by atoms with Crippen molar-refractivity contribution in [2.24, 2.45) is 0 Å². The van der Waals surface area contributed by atoms with Crippen LogP contribution >= 0.6 is 11.6 Å². The lowest BCUT2D eigenvalue weighted by molar-refractivity contribution is -0.152. The molecule has 1 fully saturated rings. The first-order valence-electron chi connectivity index (χ1n) is 14.4. The maximum Gasteiger partial charge on any atom is 0.329 e. The standard InChI is InChI=1S/C30H33ClF2N6O5Si/c1-30(2,3)45(4,5)44-14-21-27(32)19(10-11-34-21)24(40)15-43-29(42)23-8-6-18-12-17(13-25(41)39(18)23)26-22(38-16-35-36-37-38)9-7-20(31)28(26)33/h7,9-11,13,16,18,23H,6,8,12,14-15H2,1-5H3/t18?,23-/m0/s1. The Bertz CT molecular complexity index is 1680. The summed E-state index contributed by atoms with van der Waals surface area (Å²) in [7, 11) is -2.20. The van der Waals surface area contributed by atoms with Gasteiger partial charge in [-0.25, -0.2) is 13.6 Å². The summed E-state index contributed by atoms with van der Waals surface area (Å²) in [6.07, 6.45) is 4.83. The molecule has 2 aliphatic heterocycles. The number of carbonyl (C=O) groups is 3. The van der Waals surface area contributed by atoms with Gasteiger partial charge >= 0.3 is 5.97 Å². The van der Waals surface area contributed by atoms with E-state index in [-0.39, 0.29) is 46.3 Å². The quantitative estimate of drug-likeness (QED) is 0.175. The monoisotopic (exact) mass is 658 g/mol. The molecule has 5 rings (SSSR count). The minimum Gasteiger partial charge on any atom is -0.456 e. The van der Waals surface area contributed by atoms with E-state index < -0.39 is 56.3 Å². The van der Waals surface area contributed by atoms with Crippen LogP contribution in [0.25, 0.3) is 11.3 Å². The maximum atomic E-state index is 15.3. The molecule has 0 radical (unpaired) electrons. The van der Waals surface area contributed by atoms with E-state index in [0.29, 0.717) is 17.7 Å². The number of tetrazole rings is 1. The van der Waals surface area contributed by atoms with E-state index in [1.807, 2.05) is 13.1 Å². The van der Waals surface area contributed by atoms with Crippen LogP contribution in [0.5, 0.6) is 0 Å². The van der Waals surface area contributed by atoms with Crippen LogP contribution in [0.4, 0.5) is 8.78 Å². The molecule has 2 atom stereocenters. The van der Waals surface area contributed by atoms with Crippen LogP contribution in [0.1, 0.15) is 61.6 Å². The van der Waals surface area contributed by atoms with E-state index in [1.165, 1.54) is 40.3 Å². The molecule has 1 amide bonds. The van der Waals surface area contributed by atoms with Crippen LogP contribution in [-0.2, 0) is 25.4 Å². The Morgan fingerprint density at radius 1 is 1.13 bits per heavy atom. The number of pyridine rings is 1. The number of fused-ring (bicyclic) bond motifs is 1. The number of esters is 1. The van der Waals surface area contributed by atoms with Crippen molar-refractivity contribution in [3.05, 3.63) is 70.3 Å². The number of aromatic nitrogens is 5. The van der Waals surface area contributed by atoms with Gasteiger partial charge in [0.1, 0.15) is 18.1 Å². The smallest absolute Gasteiger partial charge is 0.329 e. The first-order chi connectivity index (χ1) is 21.2. The summed E-state index contributed by atoms with van der Waals surface area (Å²) in [6.45, 7) is 9.43. The summed E-state index contributed by atoms with van der Waals surface area (Å²) in [5.41, 5.74) is 0.515. The normalized spacial score (nSPS) is 18.5. The number of ketones is 1. The van der Waals surface area contributed by atoms with Gasteiger partial charge < -0.3 is 14.1 Å². The van der Waals surface area contributed by atoms with Crippen LogP contribution in [-0.4, -0.2) is 74.8 Å². The Balaban J connectivity index is 1.27. The molecule has 1 unspecified atom stereocenters. The van der Waals surface area contributed by atoms with Crippen molar-refractivity contribution in [1.29, 1.82) is 0 Å². The summed E-state index contributed by atoms with van der Waals surface area (Å²) in [4.78, 5) is 44.7. The predicted molar refractivity (Wildman–Crippen MR) is 162 cm³/mol. The molecule has 2 aliphatic rings. The number of carbonyl (C=O) groups excluding carboxylic acids is 3. The lowest BCUT2D eigenvalue weighted by Gasteiger charge is -2.36. The Hall–Kier alpha value is -3.88. The average molecular weight is 659 g/mol. The van der Waals surface area contributed by atoms with Gasteiger partial charge in [-0.1, -0.05) is 32.4 Å². The fourth-order valence-corrected chi connectivity index (χ4v) is 6.33. The zero-order valence-electron chi connectivity index (χ0n) is 25.5. The van der Waals surface area contributed by atoms with Gasteiger partial charge in [-0.3, -0.25) is 14.6 Å². The van der Waals surface area contributed by atoms with Gasteiger partial charge in [0, 0.05) is 23.9 Å². The summed E-state index contributed by atoms with van der Waals surface area (Å²) in [5, 5.41) is 10.8. The van der Waals surface area contributed by atoms with E-state index in [0.717, 1.165) is 0 Å². The summed E-state index contributed by atoms with van der Waals surface area (Å²) >= 11 is 6.07. The van der Waals surface area contributed by atoms with Crippen molar-refractivity contribution in [1.82, 2.24) is 30.1 Å². The van der Waals surface area contributed by atoms with E-state index in [4.69, 9.17) is 20.8 Å². The van der Waals surface area contributed by atoms with Crippen molar-refractivity contribution in [2.45, 2.75) is 76.9 Å². The molecule has 11 nitrogen and oxygen atoms in total. The van der Waals surface area contributed by atoms with E-state index in [2.05, 4.69) is 41.3 Å². The third kappa shape index (κ3) is 6.44. The maximum absolute atomic E-state index is 15.3. The van der Waals surface area contributed by atoms with Gasteiger partial charge in [0.2, 0.25) is 11.7 Å². The van der Waals surface area contributed by atoms with E-state index in [1.54, 1.807) is 6.07 Å². The second-order valence-electron chi connectivity index (χ2n) is 12.6. The molecule has 3 aromatic rings. The number of halogens is 3. The zero-order chi connectivity index (χ0) is 32.7. The highest BCUT2D eigenvalue weighted by Gasteiger charge is 2.44. The molecular formula is C30H33ClF2N6O5Si. The van der Waals surface area contributed by atoms with Crippen LogP contribution in [0, 0.1) is 11.6 Å². The van der Waals surface area contributed by atoms with Crippen molar-refractivity contribution in [3.8, 4) is 5.69 Å². The molecule has 0 N–H and O–H groups in total. The fraction of sp³-hybridized carbons (Fsp3) is 0.433. The van der Waals surface area contributed by atoms with Crippen molar-refractivity contribution in [3.63, 3.8) is 0 Å². The Morgan fingerprint density at radius 2 is 1.89 bits per heavy atom. The number of ether oxygens (including phenoxy) is 1. The number of nitrogens with zero attached hydrogens (tertiary/aromatic N) is 6. The molecule has 45 heavy (non-hydrogen) atoms. The molecular weight excluding hydrogens is 626 g/mol. The lowest BCUT2D eigenvalue weighted by atomic mass is 9.92. The fourth-order valence-electron chi connectivity index (χ4n) is 5.25. The first kappa shape index (κ1) is 32.5. The summed E-state index contributed by atoms with van der Waals surface area (Å²) < 4.78 is 43.2. The molecule has 0 bridgehead atoms. The minimum atomic E-state index is -2.20. The zero-order valence-corrected chi connectivity index (χ0v) is 27.3. The third-order valence-corrected chi connectivity index (χ3v) is 13.5. The second-order valence-corrected chi connectivity index (χ2v) is 17.8. The molecule has 0 aliphatic carbocycles. The van der Waals surface area contributed by atoms with Crippen molar-refractivity contribution >= 4 is 43.2 Å². The molecule has 15 heteroatoms. The highest BCUT2D eigenvalue weighted by atomic mass is 35.5. The summed E-state index contributed by atoms with van der Waals surface area (Å²) in [6, 6.07) is 2.78. The van der Waals surface area contributed by atoms with Crippen molar-refractivity contribution < 1.29 is 32.3 Å². The van der Waals surface area contributed by atoms with Gasteiger partial charge in [-0.15, -0.1) is 5.10 Å². The number of benzene rings is 1. The third-order valence-electron chi connectivity index (χ3n) is 8.76. The SMILES string of the molecule is CC(C)(C)[Si](C)(C)OCc1nccc(C(=O)COC(=O)[C@@H]2CCC3CC(c4c(-n5cnnn5)ccc(Cl)c4F)=CC(=O)N32)c1F. The van der Waals surface area contributed by atoms with Gasteiger partial charge in [-0.05, 0) is 71.6 Å². The minimum absolute atomic E-state index is 0.00322. The summed E-state index contributed by atoms with van der Waals surface area (Å²) in [5.74, 6) is -3.58. The Morgan fingerprint density at radius 3 is 2.58 bits per heavy atom. The molecule has 4 heterocycles. The van der Waals surface area contributed by atoms with E-state index in [9.17, 15) is 14.4 Å². The molecule has 1 aromatic carbocycles. The van der Waals surface area contributed by atoms with Crippen LogP contribution < -0.4 is 0 Å².